The Morgan fingerprint density at radius 3 is 1.89 bits per heavy atom. The van der Waals surface area contributed by atoms with Crippen molar-refractivity contribution in [2.24, 2.45) is 0 Å². The maximum absolute atomic E-state index is 12.4. The van der Waals surface area contributed by atoms with Crippen molar-refractivity contribution in [3.05, 3.63) is 29.8 Å². The molecule has 0 aliphatic carbocycles. The molecule has 0 aliphatic heterocycles. The van der Waals surface area contributed by atoms with E-state index in [-0.39, 0.29) is 28.0 Å². The van der Waals surface area contributed by atoms with Crippen LogP contribution in [0.2, 0.25) is 0 Å². The molecule has 9 heavy (non-hydrogen) atoms. The summed E-state index contributed by atoms with van der Waals surface area (Å²) in [6, 6.07) is 3.92. The van der Waals surface area contributed by atoms with Crippen molar-refractivity contribution in [1.29, 1.82) is 0 Å². The van der Waals surface area contributed by atoms with Crippen molar-refractivity contribution in [1.82, 2.24) is 0 Å². The van der Waals surface area contributed by atoms with Gasteiger partial charge < -0.3 is 0 Å². The van der Waals surface area contributed by atoms with Crippen LogP contribution in [0.1, 0.15) is 0 Å². The first-order valence-corrected chi connectivity index (χ1v) is 4.66. The van der Waals surface area contributed by atoms with Gasteiger partial charge in [-0.2, -0.15) is 0 Å². The van der Waals surface area contributed by atoms with Crippen LogP contribution in [0.15, 0.2) is 18.2 Å². The Balaban J connectivity index is 3.25. The zero-order valence-corrected chi connectivity index (χ0v) is 9.05. The second-order valence-corrected chi connectivity index (χ2v) is 3.88. The second kappa shape index (κ2) is 2.70. The third kappa shape index (κ3) is 1.45. The van der Waals surface area contributed by atoms with Gasteiger partial charge in [-0.05, 0) is 0 Å². The van der Waals surface area contributed by atoms with Crippen LogP contribution in [-0.2, 0) is 0 Å². The van der Waals surface area contributed by atoms with Gasteiger partial charge in [0.25, 0.3) is 0 Å². The Morgan fingerprint density at radius 1 is 1.11 bits per heavy atom. The van der Waals surface area contributed by atoms with Gasteiger partial charge in [-0.3, -0.25) is 0 Å². The number of rotatable bonds is 0. The molecule has 0 unspecified atom stereocenters. The Kier molecular flexibility index (Phi) is 2.12. The molecule has 0 spiro atoms. The predicted octanol–water partition coefficient (Wildman–Crippen LogP) is 0.223. The molecule has 0 aromatic heterocycles. The Hall–Kier alpha value is -0.0369. The summed E-state index contributed by atoms with van der Waals surface area (Å²) in [5, 5.41) is 0. The number of halogens is 2. The molecule has 1 rings (SSSR count). The third-order valence-corrected chi connectivity index (χ3v) is 3.14. The summed E-state index contributed by atoms with van der Waals surface area (Å²) >= 11 is 0.233. The van der Waals surface area contributed by atoms with Crippen LogP contribution in [0.5, 0.6) is 0 Å². The fourth-order valence-electron chi connectivity index (χ4n) is 0.511. The van der Waals surface area contributed by atoms with Gasteiger partial charge in [0.1, 0.15) is 0 Å². The van der Waals surface area contributed by atoms with Crippen LogP contribution in [0.25, 0.3) is 0 Å². The summed E-state index contributed by atoms with van der Waals surface area (Å²) in [6.45, 7) is 0. The van der Waals surface area contributed by atoms with Gasteiger partial charge >= 0.3 is 66.6 Å². The van der Waals surface area contributed by atoms with Crippen molar-refractivity contribution in [2.75, 3.05) is 0 Å². The molecule has 1 aromatic carbocycles. The van der Waals surface area contributed by atoms with Crippen LogP contribution in [0.3, 0.4) is 0 Å². The van der Waals surface area contributed by atoms with E-state index < -0.39 is 11.6 Å². The Labute approximate surface area is 66.7 Å². The standard InChI is InChI=1S/C6H3F2.Bi.2H/c7-5-2-1-3-6(8)4-5;;;/h1-3H;;;. The topological polar surface area (TPSA) is 0 Å². The summed E-state index contributed by atoms with van der Waals surface area (Å²) in [5.41, 5.74) is 0. The molecule has 0 nitrogen and oxygen atoms in total. The summed E-state index contributed by atoms with van der Waals surface area (Å²) in [5.74, 6) is -0.833. The van der Waals surface area contributed by atoms with E-state index in [1.807, 2.05) is 0 Å². The molecule has 0 saturated heterocycles. The van der Waals surface area contributed by atoms with Gasteiger partial charge in [-0.25, -0.2) is 0 Å². The van der Waals surface area contributed by atoms with Crippen LogP contribution in [-0.4, -0.2) is 24.7 Å². The minimum absolute atomic E-state index is 0.233. The number of hydrogen-bond acceptors (Lipinski definition) is 0. The minimum atomic E-state index is -0.417. The fourth-order valence-corrected chi connectivity index (χ4v) is 1.26. The van der Waals surface area contributed by atoms with E-state index in [1.165, 1.54) is 18.2 Å². The molecule has 48 valence electrons. The molecular weight excluding hydrogens is 319 g/mol. The van der Waals surface area contributed by atoms with Gasteiger partial charge in [-0.15, -0.1) is 0 Å². The van der Waals surface area contributed by atoms with Gasteiger partial charge in [0.2, 0.25) is 0 Å². The average Bonchev–Trinajstić information content (AvgIpc) is 1.83. The monoisotopic (exact) mass is 324 g/mol. The SMILES string of the molecule is Fc1cccc(F)[c]1[BiH2]. The zero-order valence-electron chi connectivity index (χ0n) is 4.57. The molecule has 1 aromatic rings. The fraction of sp³-hybridized carbons (Fsp3) is 0. The van der Waals surface area contributed by atoms with Crippen molar-refractivity contribution in [3.63, 3.8) is 0 Å². The maximum atomic E-state index is 12.4. The van der Waals surface area contributed by atoms with Crippen LogP contribution >= 0.6 is 0 Å². The summed E-state index contributed by atoms with van der Waals surface area (Å²) in [7, 11) is 0. The summed E-state index contributed by atoms with van der Waals surface area (Å²) in [6.07, 6.45) is 0. The molecule has 0 fully saturated rings. The molecule has 0 bridgehead atoms. The van der Waals surface area contributed by atoms with E-state index in [2.05, 4.69) is 0 Å². The van der Waals surface area contributed by atoms with Crippen molar-refractivity contribution >= 4 is 28.0 Å². The van der Waals surface area contributed by atoms with Crippen LogP contribution in [0, 0.1) is 11.6 Å². The molecular formula is C6H5BiF2. The van der Waals surface area contributed by atoms with Crippen molar-refractivity contribution in [2.45, 2.75) is 0 Å². The third-order valence-electron chi connectivity index (χ3n) is 1.000. The van der Waals surface area contributed by atoms with Crippen LogP contribution in [0.4, 0.5) is 8.78 Å². The average molecular weight is 324 g/mol. The Bertz CT molecular complexity index is 202. The van der Waals surface area contributed by atoms with Gasteiger partial charge in [-0.1, -0.05) is 0 Å². The molecule has 0 atom stereocenters. The molecule has 0 N–H and O–H groups in total. The first-order chi connectivity index (χ1) is 4.22. The normalized spacial score (nSPS) is 9.67. The first kappa shape index (κ1) is 7.07. The van der Waals surface area contributed by atoms with E-state index in [1.54, 1.807) is 0 Å². The second-order valence-electron chi connectivity index (χ2n) is 1.64. The van der Waals surface area contributed by atoms with E-state index in [0.29, 0.717) is 0 Å². The van der Waals surface area contributed by atoms with E-state index in [9.17, 15) is 8.78 Å². The predicted molar refractivity (Wildman–Crippen MR) is 34.5 cm³/mol. The van der Waals surface area contributed by atoms with E-state index in [4.69, 9.17) is 0 Å². The number of benzene rings is 1. The first-order valence-electron chi connectivity index (χ1n) is 2.41. The molecule has 0 aliphatic rings. The quantitative estimate of drug-likeness (QED) is 0.599. The van der Waals surface area contributed by atoms with Crippen LogP contribution < -0.4 is 3.27 Å². The van der Waals surface area contributed by atoms with Gasteiger partial charge in [0.05, 0.1) is 0 Å². The Morgan fingerprint density at radius 2 is 1.56 bits per heavy atom. The van der Waals surface area contributed by atoms with Crippen molar-refractivity contribution < 1.29 is 8.78 Å². The van der Waals surface area contributed by atoms with E-state index in [0.717, 1.165) is 0 Å². The van der Waals surface area contributed by atoms with Gasteiger partial charge in [0.15, 0.2) is 0 Å². The molecule has 0 saturated carbocycles. The zero-order chi connectivity index (χ0) is 6.85. The summed E-state index contributed by atoms with van der Waals surface area (Å²) < 4.78 is 25.0. The molecule has 0 radical (unpaired) electrons. The summed E-state index contributed by atoms with van der Waals surface area (Å²) in [4.78, 5) is 0. The van der Waals surface area contributed by atoms with Crippen molar-refractivity contribution in [3.8, 4) is 0 Å². The van der Waals surface area contributed by atoms with E-state index >= 15 is 0 Å². The van der Waals surface area contributed by atoms with Gasteiger partial charge in [0, 0.05) is 0 Å². The molecule has 0 heterocycles. The molecule has 3 heteroatoms. The number of hydrogen-bond donors (Lipinski definition) is 0. The molecule has 0 amide bonds.